The van der Waals surface area contributed by atoms with E-state index in [9.17, 15) is 13.5 Å². The molecule has 0 aliphatic carbocycles. The molecule has 3 nitrogen and oxygen atoms in total. The molecule has 0 amide bonds. The van der Waals surface area contributed by atoms with Gasteiger partial charge in [0.2, 0.25) is 0 Å². The summed E-state index contributed by atoms with van der Waals surface area (Å²) in [6.45, 7) is 4.00. The van der Waals surface area contributed by atoms with E-state index in [0.29, 0.717) is 18.8 Å². The molecule has 1 aliphatic rings. The summed E-state index contributed by atoms with van der Waals surface area (Å²) < 4.78 is 23.3. The molecule has 2 unspecified atom stereocenters. The van der Waals surface area contributed by atoms with Gasteiger partial charge < -0.3 is 5.11 Å². The molecular formula is C10H20O3S. The van der Waals surface area contributed by atoms with Crippen LogP contribution in [0.2, 0.25) is 0 Å². The van der Waals surface area contributed by atoms with Gasteiger partial charge in [-0.3, -0.25) is 0 Å². The van der Waals surface area contributed by atoms with Crippen molar-refractivity contribution in [3.05, 3.63) is 0 Å². The molecule has 0 saturated carbocycles. The van der Waals surface area contributed by atoms with Crippen molar-refractivity contribution in [3.8, 4) is 0 Å². The molecule has 1 rings (SSSR count). The van der Waals surface area contributed by atoms with Crippen molar-refractivity contribution in [1.82, 2.24) is 0 Å². The first-order valence-electron chi connectivity index (χ1n) is 5.33. The lowest BCUT2D eigenvalue weighted by molar-refractivity contribution is 0.137. The molecule has 0 spiro atoms. The van der Waals surface area contributed by atoms with E-state index in [1.165, 1.54) is 0 Å². The van der Waals surface area contributed by atoms with Crippen LogP contribution in [0.15, 0.2) is 0 Å². The fourth-order valence-corrected chi connectivity index (χ4v) is 4.07. The Morgan fingerprint density at radius 2 is 2.00 bits per heavy atom. The summed E-state index contributed by atoms with van der Waals surface area (Å²) in [5, 5.41) is 9.30. The topological polar surface area (TPSA) is 54.4 Å². The van der Waals surface area contributed by atoms with Gasteiger partial charge in [0.25, 0.3) is 0 Å². The molecule has 0 bridgehead atoms. The van der Waals surface area contributed by atoms with E-state index in [1.54, 1.807) is 0 Å². The summed E-state index contributed by atoms with van der Waals surface area (Å²) in [5.41, 5.74) is 0. The van der Waals surface area contributed by atoms with Crippen molar-refractivity contribution in [1.29, 1.82) is 0 Å². The van der Waals surface area contributed by atoms with Crippen LogP contribution in [0.1, 0.15) is 39.5 Å². The van der Waals surface area contributed by atoms with Crippen molar-refractivity contribution in [2.24, 2.45) is 5.92 Å². The number of hydrogen-bond acceptors (Lipinski definition) is 3. The summed E-state index contributed by atoms with van der Waals surface area (Å²) in [7, 11) is -3.02. The van der Waals surface area contributed by atoms with Crippen LogP contribution in [0.4, 0.5) is 0 Å². The molecular weight excluding hydrogens is 200 g/mol. The summed E-state index contributed by atoms with van der Waals surface area (Å²) in [4.78, 5) is 0. The maximum atomic E-state index is 11.6. The van der Waals surface area contributed by atoms with Crippen LogP contribution in [-0.2, 0) is 9.84 Å². The SMILES string of the molecule is CC(C)CC(O)C1CCCCS1(=O)=O. The third kappa shape index (κ3) is 2.95. The van der Waals surface area contributed by atoms with E-state index in [1.807, 2.05) is 13.8 Å². The highest BCUT2D eigenvalue weighted by atomic mass is 32.2. The van der Waals surface area contributed by atoms with Gasteiger partial charge in [-0.1, -0.05) is 20.3 Å². The summed E-state index contributed by atoms with van der Waals surface area (Å²) >= 11 is 0. The Hall–Kier alpha value is -0.0900. The average molecular weight is 220 g/mol. The molecule has 0 aromatic heterocycles. The molecule has 14 heavy (non-hydrogen) atoms. The van der Waals surface area contributed by atoms with Gasteiger partial charge in [-0.05, 0) is 25.2 Å². The molecule has 84 valence electrons. The maximum absolute atomic E-state index is 11.6. The molecule has 4 heteroatoms. The van der Waals surface area contributed by atoms with E-state index in [0.717, 1.165) is 12.8 Å². The maximum Gasteiger partial charge on any atom is 0.155 e. The van der Waals surface area contributed by atoms with Gasteiger partial charge in [0, 0.05) is 0 Å². The molecule has 1 saturated heterocycles. The van der Waals surface area contributed by atoms with E-state index in [2.05, 4.69) is 0 Å². The monoisotopic (exact) mass is 220 g/mol. The highest BCUT2D eigenvalue weighted by molar-refractivity contribution is 7.92. The van der Waals surface area contributed by atoms with Crippen molar-refractivity contribution in [2.75, 3.05) is 5.75 Å². The zero-order valence-corrected chi connectivity index (χ0v) is 9.76. The normalized spacial score (nSPS) is 29.0. The van der Waals surface area contributed by atoms with Gasteiger partial charge >= 0.3 is 0 Å². The van der Waals surface area contributed by atoms with Crippen LogP contribution >= 0.6 is 0 Å². The largest absolute Gasteiger partial charge is 0.392 e. The smallest absolute Gasteiger partial charge is 0.155 e. The van der Waals surface area contributed by atoms with Gasteiger partial charge in [-0.25, -0.2) is 8.42 Å². The number of rotatable bonds is 3. The van der Waals surface area contributed by atoms with Gasteiger partial charge in [-0.2, -0.15) is 0 Å². The van der Waals surface area contributed by atoms with Gasteiger partial charge in [0.15, 0.2) is 9.84 Å². The second kappa shape index (κ2) is 4.62. The predicted molar refractivity (Wildman–Crippen MR) is 56.9 cm³/mol. The third-order valence-corrected chi connectivity index (χ3v) is 5.10. The lowest BCUT2D eigenvalue weighted by atomic mass is 10.0. The summed E-state index contributed by atoms with van der Waals surface area (Å²) in [6.07, 6.45) is 2.24. The van der Waals surface area contributed by atoms with Crippen LogP contribution in [0.25, 0.3) is 0 Å². The minimum absolute atomic E-state index is 0.257. The Labute approximate surface area is 86.4 Å². The highest BCUT2D eigenvalue weighted by Gasteiger charge is 2.34. The fourth-order valence-electron chi connectivity index (χ4n) is 2.05. The second-order valence-corrected chi connectivity index (χ2v) is 6.94. The lowest BCUT2D eigenvalue weighted by Gasteiger charge is -2.27. The zero-order chi connectivity index (χ0) is 10.8. The quantitative estimate of drug-likeness (QED) is 0.781. The average Bonchev–Trinajstić information content (AvgIpc) is 2.01. The molecule has 2 atom stereocenters. The van der Waals surface area contributed by atoms with Crippen LogP contribution in [0.3, 0.4) is 0 Å². The number of sulfone groups is 1. The molecule has 0 aromatic rings. The van der Waals surface area contributed by atoms with Crippen molar-refractivity contribution in [2.45, 2.75) is 50.9 Å². The second-order valence-electron chi connectivity index (χ2n) is 4.60. The first-order chi connectivity index (χ1) is 6.43. The first-order valence-corrected chi connectivity index (χ1v) is 7.04. The number of hydrogen-bond donors (Lipinski definition) is 1. The van der Waals surface area contributed by atoms with Gasteiger partial charge in [-0.15, -0.1) is 0 Å². The summed E-state index contributed by atoms with van der Waals surface area (Å²) in [6, 6.07) is 0. The number of aliphatic hydroxyl groups is 1. The van der Waals surface area contributed by atoms with Gasteiger partial charge in [0.1, 0.15) is 0 Å². The Bertz CT molecular complexity index is 269. The van der Waals surface area contributed by atoms with Crippen molar-refractivity contribution in [3.63, 3.8) is 0 Å². The van der Waals surface area contributed by atoms with Crippen LogP contribution in [0, 0.1) is 5.92 Å². The third-order valence-electron chi connectivity index (χ3n) is 2.77. The summed E-state index contributed by atoms with van der Waals surface area (Å²) in [5.74, 6) is 0.606. The minimum atomic E-state index is -3.02. The lowest BCUT2D eigenvalue weighted by Crippen LogP contribution is -2.39. The first kappa shape index (κ1) is 12.0. The van der Waals surface area contributed by atoms with Crippen LogP contribution in [0.5, 0.6) is 0 Å². The molecule has 1 N–H and O–H groups in total. The van der Waals surface area contributed by atoms with E-state index in [-0.39, 0.29) is 5.75 Å². The van der Waals surface area contributed by atoms with E-state index < -0.39 is 21.2 Å². The Kier molecular flexibility index (Phi) is 3.95. The molecule has 0 radical (unpaired) electrons. The van der Waals surface area contributed by atoms with Gasteiger partial charge in [0.05, 0.1) is 17.1 Å². The Morgan fingerprint density at radius 1 is 1.36 bits per heavy atom. The minimum Gasteiger partial charge on any atom is -0.392 e. The molecule has 1 fully saturated rings. The predicted octanol–water partition coefficient (Wildman–Crippen LogP) is 1.36. The molecule has 1 heterocycles. The highest BCUT2D eigenvalue weighted by Crippen LogP contribution is 2.25. The fraction of sp³-hybridized carbons (Fsp3) is 1.00. The molecule has 1 aliphatic heterocycles. The van der Waals surface area contributed by atoms with Crippen LogP contribution < -0.4 is 0 Å². The van der Waals surface area contributed by atoms with E-state index in [4.69, 9.17) is 0 Å². The van der Waals surface area contributed by atoms with Crippen molar-refractivity contribution < 1.29 is 13.5 Å². The van der Waals surface area contributed by atoms with E-state index >= 15 is 0 Å². The van der Waals surface area contributed by atoms with Crippen molar-refractivity contribution >= 4 is 9.84 Å². The Morgan fingerprint density at radius 3 is 2.50 bits per heavy atom. The van der Waals surface area contributed by atoms with Crippen LogP contribution in [-0.4, -0.2) is 30.6 Å². The Balaban J connectivity index is 2.65. The molecule has 0 aromatic carbocycles. The zero-order valence-electron chi connectivity index (χ0n) is 8.94. The standard InChI is InChI=1S/C10H20O3S/c1-8(2)7-9(11)10-5-3-4-6-14(10,12)13/h8-11H,3-7H2,1-2H3. The number of aliphatic hydroxyl groups excluding tert-OH is 1.